The molecule has 0 aromatic carbocycles. The minimum Gasteiger partial charge on any atom is -0.386 e. The molecule has 0 spiro atoms. The molecule has 0 bridgehead atoms. The van der Waals surface area contributed by atoms with E-state index in [1.54, 1.807) is 13.8 Å². The molecule has 5 heteroatoms. The third kappa shape index (κ3) is 1.70. The van der Waals surface area contributed by atoms with Crippen LogP contribution in [0.2, 0.25) is 0 Å². The minimum atomic E-state index is -4.16. The van der Waals surface area contributed by atoms with Gasteiger partial charge in [0.05, 0.1) is 0 Å². The van der Waals surface area contributed by atoms with Crippen molar-refractivity contribution in [2.45, 2.75) is 13.8 Å². The van der Waals surface area contributed by atoms with E-state index < -0.39 is 8.80 Å². The van der Waals surface area contributed by atoms with Crippen molar-refractivity contribution in [2.24, 2.45) is 0 Å². The van der Waals surface area contributed by atoms with Crippen molar-refractivity contribution < 1.29 is 14.4 Å². The zero-order valence-corrected chi connectivity index (χ0v) is 7.94. The van der Waals surface area contributed by atoms with Gasteiger partial charge in [-0.05, 0) is 25.0 Å². The molecule has 4 nitrogen and oxygen atoms in total. The maximum absolute atomic E-state index is 9.07. The van der Waals surface area contributed by atoms with Gasteiger partial charge in [0.2, 0.25) is 0 Å². The number of rotatable bonds is 1. The van der Waals surface area contributed by atoms with Gasteiger partial charge in [0.25, 0.3) is 0 Å². The van der Waals surface area contributed by atoms with Crippen LogP contribution in [0, 0.1) is 13.8 Å². The molecule has 0 fully saturated rings. The highest BCUT2D eigenvalue weighted by molar-refractivity contribution is 6.72. The SMILES string of the molecule is Cc1cncc(C)c1[Si](O)(O)O. The van der Waals surface area contributed by atoms with E-state index in [-0.39, 0.29) is 5.19 Å². The zero-order chi connectivity index (χ0) is 9.35. The van der Waals surface area contributed by atoms with Crippen molar-refractivity contribution in [1.82, 2.24) is 4.98 Å². The van der Waals surface area contributed by atoms with Gasteiger partial charge in [-0.1, -0.05) is 0 Å². The smallest absolute Gasteiger partial charge is 0.386 e. The van der Waals surface area contributed by atoms with Gasteiger partial charge in [-0.25, -0.2) is 0 Å². The molecule has 0 atom stereocenters. The summed E-state index contributed by atoms with van der Waals surface area (Å²) in [5.74, 6) is 0. The fourth-order valence-corrected chi connectivity index (χ4v) is 2.42. The summed E-state index contributed by atoms with van der Waals surface area (Å²) in [6.45, 7) is 3.36. The second kappa shape index (κ2) is 2.95. The fourth-order valence-electron chi connectivity index (χ4n) is 1.23. The topological polar surface area (TPSA) is 73.6 Å². The maximum Gasteiger partial charge on any atom is 0.529 e. The van der Waals surface area contributed by atoms with Gasteiger partial charge < -0.3 is 14.4 Å². The van der Waals surface area contributed by atoms with Crippen molar-refractivity contribution in [3.05, 3.63) is 23.5 Å². The van der Waals surface area contributed by atoms with Gasteiger partial charge in [-0.15, -0.1) is 0 Å². The first-order chi connectivity index (χ1) is 5.43. The molecule has 1 rings (SSSR count). The van der Waals surface area contributed by atoms with Crippen molar-refractivity contribution in [1.29, 1.82) is 0 Å². The molecular formula is C7H11NO3Si. The number of hydrogen-bond donors (Lipinski definition) is 3. The van der Waals surface area contributed by atoms with Crippen LogP contribution in [-0.2, 0) is 0 Å². The number of pyridine rings is 1. The largest absolute Gasteiger partial charge is 0.529 e. The molecule has 0 amide bonds. The third-order valence-electron chi connectivity index (χ3n) is 1.66. The van der Waals surface area contributed by atoms with E-state index in [1.165, 1.54) is 12.4 Å². The molecule has 0 aliphatic rings. The Bertz CT molecular complexity index is 275. The van der Waals surface area contributed by atoms with Crippen LogP contribution in [0.1, 0.15) is 11.1 Å². The summed E-state index contributed by atoms with van der Waals surface area (Å²) in [4.78, 5) is 31.1. The molecule has 1 aromatic heterocycles. The summed E-state index contributed by atoms with van der Waals surface area (Å²) in [5.41, 5.74) is 1.21. The molecule has 0 unspecified atom stereocenters. The molecule has 1 heterocycles. The van der Waals surface area contributed by atoms with Crippen LogP contribution in [0.15, 0.2) is 12.4 Å². The van der Waals surface area contributed by atoms with Crippen LogP contribution in [0.5, 0.6) is 0 Å². The zero-order valence-electron chi connectivity index (χ0n) is 6.94. The number of aryl methyl sites for hydroxylation is 2. The van der Waals surface area contributed by atoms with Gasteiger partial charge in [0, 0.05) is 17.6 Å². The van der Waals surface area contributed by atoms with Crippen LogP contribution in [-0.4, -0.2) is 28.2 Å². The van der Waals surface area contributed by atoms with E-state index in [0.29, 0.717) is 11.1 Å². The summed E-state index contributed by atoms with van der Waals surface area (Å²) in [6.07, 6.45) is 2.99. The normalized spacial score (nSPS) is 11.8. The Morgan fingerprint density at radius 3 is 1.75 bits per heavy atom. The molecule has 0 radical (unpaired) electrons. The van der Waals surface area contributed by atoms with Crippen molar-refractivity contribution in [3.63, 3.8) is 0 Å². The van der Waals surface area contributed by atoms with Crippen LogP contribution in [0.3, 0.4) is 0 Å². The standard InChI is InChI=1S/C7H11NO3Si/c1-5-3-8-4-6(2)7(5)12(9,10)11/h3-4,9-11H,1-2H3. The van der Waals surface area contributed by atoms with Gasteiger partial charge >= 0.3 is 8.80 Å². The highest BCUT2D eigenvalue weighted by Gasteiger charge is 2.33. The van der Waals surface area contributed by atoms with Crippen molar-refractivity contribution in [2.75, 3.05) is 0 Å². The first-order valence-corrected chi connectivity index (χ1v) is 5.36. The number of aromatic nitrogens is 1. The van der Waals surface area contributed by atoms with Crippen molar-refractivity contribution in [3.8, 4) is 0 Å². The van der Waals surface area contributed by atoms with Gasteiger partial charge in [-0.2, -0.15) is 0 Å². The van der Waals surface area contributed by atoms with E-state index in [2.05, 4.69) is 4.98 Å². The van der Waals surface area contributed by atoms with Crippen LogP contribution in [0.4, 0.5) is 0 Å². The van der Waals surface area contributed by atoms with E-state index in [4.69, 9.17) is 14.4 Å². The van der Waals surface area contributed by atoms with E-state index >= 15 is 0 Å². The third-order valence-corrected chi connectivity index (χ3v) is 3.12. The Kier molecular flexibility index (Phi) is 2.29. The van der Waals surface area contributed by atoms with Crippen LogP contribution in [0.25, 0.3) is 0 Å². The van der Waals surface area contributed by atoms with E-state index in [1.807, 2.05) is 0 Å². The maximum atomic E-state index is 9.07. The molecule has 0 saturated heterocycles. The second-order valence-corrected chi connectivity index (χ2v) is 4.55. The van der Waals surface area contributed by atoms with E-state index in [0.717, 1.165) is 0 Å². The Balaban J connectivity index is 3.31. The van der Waals surface area contributed by atoms with Gasteiger partial charge in [0.15, 0.2) is 0 Å². The quantitative estimate of drug-likeness (QED) is 0.482. The Hall–Kier alpha value is -0.753. The first kappa shape index (κ1) is 9.34. The molecule has 1 aromatic rings. The average Bonchev–Trinajstić information content (AvgIpc) is 1.82. The lowest BCUT2D eigenvalue weighted by Crippen LogP contribution is -2.51. The number of nitrogens with zero attached hydrogens (tertiary/aromatic N) is 1. The Labute approximate surface area is 71.5 Å². The van der Waals surface area contributed by atoms with Crippen LogP contribution < -0.4 is 5.19 Å². The van der Waals surface area contributed by atoms with Crippen molar-refractivity contribution >= 4 is 14.0 Å². The lowest BCUT2D eigenvalue weighted by atomic mass is 10.2. The summed E-state index contributed by atoms with van der Waals surface area (Å²) >= 11 is 0. The van der Waals surface area contributed by atoms with Crippen LogP contribution >= 0.6 is 0 Å². The molecule has 3 N–H and O–H groups in total. The fraction of sp³-hybridized carbons (Fsp3) is 0.286. The highest BCUT2D eigenvalue weighted by atomic mass is 28.4. The highest BCUT2D eigenvalue weighted by Crippen LogP contribution is 2.01. The summed E-state index contributed by atoms with van der Waals surface area (Å²) in [6, 6.07) is 0. The number of hydrogen-bond acceptors (Lipinski definition) is 4. The summed E-state index contributed by atoms with van der Waals surface area (Å²) in [5, 5.41) is 0.234. The minimum absolute atomic E-state index is 0.234. The summed E-state index contributed by atoms with van der Waals surface area (Å²) < 4.78 is 0. The Morgan fingerprint density at radius 2 is 1.50 bits per heavy atom. The molecule has 0 aliphatic carbocycles. The van der Waals surface area contributed by atoms with Gasteiger partial charge in [0.1, 0.15) is 0 Å². The first-order valence-electron chi connectivity index (χ1n) is 3.51. The lowest BCUT2D eigenvalue weighted by molar-refractivity contribution is 0.249. The lowest BCUT2D eigenvalue weighted by Gasteiger charge is -2.14. The van der Waals surface area contributed by atoms with E-state index in [9.17, 15) is 0 Å². The van der Waals surface area contributed by atoms with Gasteiger partial charge in [-0.3, -0.25) is 4.98 Å². The molecular weight excluding hydrogens is 174 g/mol. The molecule has 0 aliphatic heterocycles. The molecule has 66 valence electrons. The summed E-state index contributed by atoms with van der Waals surface area (Å²) in [7, 11) is -4.16. The average molecular weight is 185 g/mol. The predicted octanol–water partition coefficient (Wildman–Crippen LogP) is -1.18. The second-order valence-electron chi connectivity index (χ2n) is 2.78. The molecule has 0 saturated carbocycles. The Morgan fingerprint density at radius 1 is 1.08 bits per heavy atom. The molecule has 12 heavy (non-hydrogen) atoms. The monoisotopic (exact) mass is 185 g/mol. The predicted molar refractivity (Wildman–Crippen MR) is 45.8 cm³/mol.